The highest BCUT2D eigenvalue weighted by Crippen LogP contribution is 2.32. The summed E-state index contributed by atoms with van der Waals surface area (Å²) < 4.78 is 42.1. The maximum absolute atomic E-state index is 12.5. The Hall–Kier alpha value is -0.670. The van der Waals surface area contributed by atoms with E-state index < -0.39 is 11.9 Å². The molecule has 0 aromatic heterocycles. The molecule has 0 unspecified atom stereocenters. The van der Waals surface area contributed by atoms with Crippen molar-refractivity contribution in [1.29, 1.82) is 0 Å². The Labute approximate surface area is 88.3 Å². The van der Waals surface area contributed by atoms with Gasteiger partial charge >= 0.3 is 6.18 Å². The van der Waals surface area contributed by atoms with Gasteiger partial charge in [0.25, 0.3) is 0 Å². The molecule has 0 spiro atoms. The lowest BCUT2D eigenvalue weighted by atomic mass is 9.89. The molecule has 0 saturated heterocycles. The molecule has 1 aliphatic carbocycles. The number of ether oxygens (including phenoxy) is 1. The molecule has 0 N–H and O–H groups in total. The van der Waals surface area contributed by atoms with Crippen LogP contribution in [0.5, 0.6) is 0 Å². The van der Waals surface area contributed by atoms with Gasteiger partial charge in [-0.2, -0.15) is 13.2 Å². The quantitative estimate of drug-likeness (QED) is 0.654. The zero-order valence-corrected chi connectivity index (χ0v) is 8.94. The Morgan fingerprint density at radius 3 is 2.33 bits per heavy atom. The minimum absolute atomic E-state index is 0.0434. The molecule has 15 heavy (non-hydrogen) atoms. The van der Waals surface area contributed by atoms with Crippen LogP contribution in [0.3, 0.4) is 0 Å². The Morgan fingerprint density at radius 1 is 1.27 bits per heavy atom. The monoisotopic (exact) mass is 222 g/mol. The van der Waals surface area contributed by atoms with Gasteiger partial charge in [0.2, 0.25) is 0 Å². The van der Waals surface area contributed by atoms with Crippen molar-refractivity contribution in [1.82, 2.24) is 0 Å². The fourth-order valence-corrected chi connectivity index (χ4v) is 1.89. The molecule has 4 heteroatoms. The van der Waals surface area contributed by atoms with E-state index in [9.17, 15) is 13.2 Å². The van der Waals surface area contributed by atoms with Gasteiger partial charge in [-0.25, -0.2) is 0 Å². The van der Waals surface area contributed by atoms with Crippen LogP contribution < -0.4 is 0 Å². The fraction of sp³-hybridized carbons (Fsp3) is 0.818. The zero-order chi connectivity index (χ0) is 11.3. The number of hydrogen-bond donors (Lipinski definition) is 0. The lowest BCUT2D eigenvalue weighted by molar-refractivity contribution is -0.130. The first-order chi connectivity index (χ1) is 7.04. The average Bonchev–Trinajstić information content (AvgIpc) is 2.17. The molecule has 0 aromatic carbocycles. The minimum Gasteiger partial charge on any atom is -0.489 e. The van der Waals surface area contributed by atoms with Crippen LogP contribution in [-0.2, 0) is 4.74 Å². The maximum Gasteiger partial charge on any atom is 0.448 e. The second kappa shape index (κ2) is 5.42. The molecule has 88 valence electrons. The average molecular weight is 222 g/mol. The third kappa shape index (κ3) is 4.14. The summed E-state index contributed by atoms with van der Waals surface area (Å²) in [5, 5.41) is 0. The van der Waals surface area contributed by atoms with Crippen molar-refractivity contribution in [3.63, 3.8) is 0 Å². The van der Waals surface area contributed by atoms with Crippen LogP contribution in [0.2, 0.25) is 0 Å². The van der Waals surface area contributed by atoms with Crippen LogP contribution in [0, 0.1) is 5.92 Å². The van der Waals surface area contributed by atoms with Crippen molar-refractivity contribution in [2.75, 3.05) is 6.61 Å². The van der Waals surface area contributed by atoms with E-state index in [1.54, 1.807) is 6.92 Å². The Bertz CT molecular complexity index is 214. The van der Waals surface area contributed by atoms with Crippen molar-refractivity contribution >= 4 is 0 Å². The van der Waals surface area contributed by atoms with E-state index in [2.05, 4.69) is 4.74 Å². The molecule has 0 atom stereocenters. The normalized spacial score (nSPS) is 20.4. The highest BCUT2D eigenvalue weighted by molar-refractivity contribution is 5.03. The molecule has 0 heterocycles. The number of rotatable bonds is 3. The Balaban J connectivity index is 2.64. The molecule has 1 aliphatic rings. The summed E-state index contributed by atoms with van der Waals surface area (Å²) >= 11 is 0. The summed E-state index contributed by atoms with van der Waals surface area (Å²) in [5.74, 6) is -0.765. The summed E-state index contributed by atoms with van der Waals surface area (Å²) in [6.07, 6.45) is 1.83. The molecule has 0 aliphatic heterocycles. The number of halogens is 3. The fourth-order valence-electron chi connectivity index (χ4n) is 1.89. The van der Waals surface area contributed by atoms with Crippen LogP contribution >= 0.6 is 0 Å². The van der Waals surface area contributed by atoms with E-state index >= 15 is 0 Å². The molecule has 0 amide bonds. The van der Waals surface area contributed by atoms with Crippen LogP contribution in [0.15, 0.2) is 11.8 Å². The zero-order valence-electron chi connectivity index (χ0n) is 8.94. The summed E-state index contributed by atoms with van der Waals surface area (Å²) in [5.41, 5.74) is 0. The van der Waals surface area contributed by atoms with Crippen molar-refractivity contribution in [2.45, 2.75) is 45.2 Å². The molecule has 0 bridgehead atoms. The molecular weight excluding hydrogens is 205 g/mol. The third-order valence-electron chi connectivity index (χ3n) is 2.62. The van der Waals surface area contributed by atoms with Gasteiger partial charge in [0.15, 0.2) is 5.76 Å². The predicted octanol–water partition coefficient (Wildman–Crippen LogP) is 4.05. The van der Waals surface area contributed by atoms with E-state index in [1.165, 1.54) is 6.08 Å². The molecule has 1 rings (SSSR count). The Kier molecular flexibility index (Phi) is 4.48. The van der Waals surface area contributed by atoms with Gasteiger partial charge in [-0.3, -0.25) is 0 Å². The number of hydrogen-bond acceptors (Lipinski definition) is 1. The van der Waals surface area contributed by atoms with Crippen LogP contribution in [0.1, 0.15) is 39.0 Å². The van der Waals surface area contributed by atoms with Crippen molar-refractivity contribution in [3.05, 3.63) is 11.8 Å². The van der Waals surface area contributed by atoms with E-state index in [-0.39, 0.29) is 12.5 Å². The third-order valence-corrected chi connectivity index (χ3v) is 2.62. The van der Waals surface area contributed by atoms with Gasteiger partial charge in [-0.15, -0.1) is 0 Å². The summed E-state index contributed by atoms with van der Waals surface area (Å²) in [7, 11) is 0. The standard InChI is InChI=1S/C11H17F3O/c1-2-15-10(11(12,13)14)8-9-6-4-3-5-7-9/h8-9H,2-7H2,1H3/b10-8+. The van der Waals surface area contributed by atoms with E-state index in [4.69, 9.17) is 0 Å². The van der Waals surface area contributed by atoms with E-state index in [1.807, 2.05) is 0 Å². The highest BCUT2D eigenvalue weighted by atomic mass is 19.4. The molecule has 0 aromatic rings. The van der Waals surface area contributed by atoms with E-state index in [0.29, 0.717) is 0 Å². The summed E-state index contributed by atoms with van der Waals surface area (Å²) in [4.78, 5) is 0. The number of allylic oxidation sites excluding steroid dienone is 2. The van der Waals surface area contributed by atoms with Crippen LogP contribution in [0.4, 0.5) is 13.2 Å². The molecular formula is C11H17F3O. The summed E-state index contributed by atoms with van der Waals surface area (Å²) in [6, 6.07) is 0. The number of alkyl halides is 3. The Morgan fingerprint density at radius 2 is 1.87 bits per heavy atom. The maximum atomic E-state index is 12.5. The van der Waals surface area contributed by atoms with E-state index in [0.717, 1.165) is 32.1 Å². The van der Waals surface area contributed by atoms with Crippen molar-refractivity contribution < 1.29 is 17.9 Å². The first-order valence-corrected chi connectivity index (χ1v) is 5.46. The summed E-state index contributed by atoms with van der Waals surface area (Å²) in [6.45, 7) is 1.64. The van der Waals surface area contributed by atoms with Crippen LogP contribution in [-0.4, -0.2) is 12.8 Å². The van der Waals surface area contributed by atoms with Crippen molar-refractivity contribution in [3.8, 4) is 0 Å². The van der Waals surface area contributed by atoms with Crippen molar-refractivity contribution in [2.24, 2.45) is 5.92 Å². The van der Waals surface area contributed by atoms with Gasteiger partial charge in [0.1, 0.15) is 0 Å². The van der Waals surface area contributed by atoms with Crippen LogP contribution in [0.25, 0.3) is 0 Å². The molecule has 0 radical (unpaired) electrons. The SMILES string of the molecule is CCO/C(=C/C1CCCCC1)C(F)(F)F. The van der Waals surface area contributed by atoms with Gasteiger partial charge in [0.05, 0.1) is 6.61 Å². The lowest BCUT2D eigenvalue weighted by Crippen LogP contribution is -2.17. The molecule has 1 fully saturated rings. The second-order valence-corrected chi connectivity index (χ2v) is 3.86. The smallest absolute Gasteiger partial charge is 0.448 e. The first kappa shape index (κ1) is 12.4. The van der Waals surface area contributed by atoms with Gasteiger partial charge in [0, 0.05) is 0 Å². The molecule has 1 nitrogen and oxygen atoms in total. The van der Waals surface area contributed by atoms with Gasteiger partial charge < -0.3 is 4.74 Å². The first-order valence-electron chi connectivity index (χ1n) is 5.46. The van der Waals surface area contributed by atoms with Gasteiger partial charge in [-0.05, 0) is 31.8 Å². The van der Waals surface area contributed by atoms with Gasteiger partial charge in [-0.1, -0.05) is 19.3 Å². The molecule has 1 saturated carbocycles. The highest BCUT2D eigenvalue weighted by Gasteiger charge is 2.36. The lowest BCUT2D eigenvalue weighted by Gasteiger charge is -2.20. The predicted molar refractivity (Wildman–Crippen MR) is 52.3 cm³/mol. The largest absolute Gasteiger partial charge is 0.489 e. The topological polar surface area (TPSA) is 9.23 Å². The minimum atomic E-state index is -4.34. The second-order valence-electron chi connectivity index (χ2n) is 3.86.